The largest absolute Gasteiger partial charge is 0.486 e. The molecule has 4 nitrogen and oxygen atoms in total. The molecule has 0 N–H and O–H groups in total. The monoisotopic (exact) mass is 387 g/mol. The smallest absolute Gasteiger partial charge is 0.253 e. The number of ether oxygens (including phenoxy) is 1. The van der Waals surface area contributed by atoms with Gasteiger partial charge in [0.1, 0.15) is 17.2 Å². The van der Waals surface area contributed by atoms with Gasteiger partial charge in [-0.1, -0.05) is 17.7 Å². The number of fused-ring (bicyclic) bond motifs is 1. The third-order valence-electron chi connectivity index (χ3n) is 5.37. The van der Waals surface area contributed by atoms with E-state index in [0.717, 1.165) is 5.56 Å². The summed E-state index contributed by atoms with van der Waals surface area (Å²) in [5.74, 6) is -0.0107. The number of likely N-dealkylation sites (tertiary alicyclic amines) is 1. The predicted molar refractivity (Wildman–Crippen MR) is 100 cm³/mol. The highest BCUT2D eigenvalue weighted by Gasteiger charge is 2.44. The Balaban J connectivity index is 1.52. The number of halogens is 2. The third-order valence-corrected chi connectivity index (χ3v) is 5.59. The predicted octanol–water partition coefficient (Wildman–Crippen LogP) is 4.43. The zero-order chi connectivity index (χ0) is 19.2. The number of Topliss-reactive ketones (excluding diaryl/α,β-unsaturated/α-hetero) is 1. The summed E-state index contributed by atoms with van der Waals surface area (Å²) in [5, 5.41) is 0.523. The van der Waals surface area contributed by atoms with Gasteiger partial charge in [0.25, 0.3) is 5.91 Å². The van der Waals surface area contributed by atoms with Crippen molar-refractivity contribution in [2.24, 2.45) is 0 Å². The lowest BCUT2D eigenvalue weighted by Gasteiger charge is -2.44. The molecular formula is C21H19ClFNO3. The van der Waals surface area contributed by atoms with Crippen LogP contribution in [0.4, 0.5) is 4.39 Å². The van der Waals surface area contributed by atoms with E-state index >= 15 is 0 Å². The van der Waals surface area contributed by atoms with Crippen LogP contribution >= 0.6 is 11.6 Å². The molecule has 2 heterocycles. The maximum absolute atomic E-state index is 13.4. The quantitative estimate of drug-likeness (QED) is 0.727. The van der Waals surface area contributed by atoms with Crippen LogP contribution in [0, 0.1) is 12.7 Å². The molecule has 0 unspecified atom stereocenters. The molecule has 0 aromatic heterocycles. The van der Waals surface area contributed by atoms with Crippen molar-refractivity contribution < 1.29 is 18.7 Å². The normalized spacial score (nSPS) is 18.2. The Morgan fingerprint density at radius 1 is 1.22 bits per heavy atom. The van der Waals surface area contributed by atoms with E-state index < -0.39 is 11.4 Å². The molecule has 1 amide bonds. The van der Waals surface area contributed by atoms with Crippen molar-refractivity contribution in [3.8, 4) is 5.75 Å². The summed E-state index contributed by atoms with van der Waals surface area (Å²) in [6.45, 7) is 2.80. The van der Waals surface area contributed by atoms with Crippen molar-refractivity contribution in [3.63, 3.8) is 0 Å². The fraction of sp³-hybridized carbons (Fsp3) is 0.333. The molecule has 1 spiro atoms. The molecule has 1 fully saturated rings. The molecule has 6 heteroatoms. The van der Waals surface area contributed by atoms with Crippen molar-refractivity contribution in [2.45, 2.75) is 31.8 Å². The van der Waals surface area contributed by atoms with Crippen LogP contribution in [0.5, 0.6) is 5.75 Å². The van der Waals surface area contributed by atoms with Gasteiger partial charge in [-0.15, -0.1) is 0 Å². The highest BCUT2D eigenvalue weighted by atomic mass is 35.5. The first-order valence-electron chi connectivity index (χ1n) is 8.94. The lowest BCUT2D eigenvalue weighted by Crippen LogP contribution is -2.52. The van der Waals surface area contributed by atoms with Crippen molar-refractivity contribution in [3.05, 3.63) is 63.9 Å². The fourth-order valence-corrected chi connectivity index (χ4v) is 4.19. The maximum atomic E-state index is 13.4. The molecule has 4 rings (SSSR count). The number of aryl methyl sites for hydroxylation is 1. The van der Waals surface area contributed by atoms with Crippen LogP contribution in [-0.4, -0.2) is 35.3 Å². The number of rotatable bonds is 1. The Morgan fingerprint density at radius 3 is 2.67 bits per heavy atom. The Bertz CT molecular complexity index is 935. The number of benzene rings is 2. The zero-order valence-electron chi connectivity index (χ0n) is 14.9. The van der Waals surface area contributed by atoms with E-state index in [9.17, 15) is 14.0 Å². The Kier molecular flexibility index (Phi) is 4.42. The Morgan fingerprint density at radius 2 is 1.96 bits per heavy atom. The third kappa shape index (κ3) is 3.32. The van der Waals surface area contributed by atoms with E-state index in [-0.39, 0.29) is 18.1 Å². The topological polar surface area (TPSA) is 46.6 Å². The van der Waals surface area contributed by atoms with E-state index in [0.29, 0.717) is 47.8 Å². The number of carbonyl (C=O) groups is 2. The molecule has 0 radical (unpaired) electrons. The Labute approximate surface area is 161 Å². The van der Waals surface area contributed by atoms with Crippen molar-refractivity contribution >= 4 is 23.3 Å². The summed E-state index contributed by atoms with van der Waals surface area (Å²) in [6.07, 6.45) is 1.39. The minimum absolute atomic E-state index is 0.0201. The number of hydrogen-bond donors (Lipinski definition) is 0. The molecule has 2 aromatic rings. The van der Waals surface area contributed by atoms with Gasteiger partial charge in [-0.25, -0.2) is 4.39 Å². The molecule has 0 saturated carbocycles. The molecule has 2 aromatic carbocycles. The molecule has 27 heavy (non-hydrogen) atoms. The molecule has 0 atom stereocenters. The second-order valence-corrected chi connectivity index (χ2v) is 7.72. The number of hydrogen-bond acceptors (Lipinski definition) is 3. The Hall–Kier alpha value is -2.40. The number of nitrogens with zero attached hydrogens (tertiary/aromatic N) is 1. The molecule has 0 aliphatic carbocycles. The van der Waals surface area contributed by atoms with Gasteiger partial charge in [-0.3, -0.25) is 9.59 Å². The molecular weight excluding hydrogens is 369 g/mol. The van der Waals surface area contributed by atoms with Gasteiger partial charge in [-0.2, -0.15) is 0 Å². The fourth-order valence-electron chi connectivity index (χ4n) is 3.91. The average Bonchev–Trinajstić information content (AvgIpc) is 2.63. The summed E-state index contributed by atoms with van der Waals surface area (Å²) in [4.78, 5) is 27.0. The minimum Gasteiger partial charge on any atom is -0.486 e. The van der Waals surface area contributed by atoms with Crippen LogP contribution in [-0.2, 0) is 0 Å². The van der Waals surface area contributed by atoms with Gasteiger partial charge in [0, 0.05) is 36.5 Å². The number of carbonyl (C=O) groups excluding carboxylic acids is 2. The molecule has 140 valence electrons. The van der Waals surface area contributed by atoms with Crippen LogP contribution < -0.4 is 4.74 Å². The number of piperidine rings is 1. The van der Waals surface area contributed by atoms with Crippen LogP contribution in [0.15, 0.2) is 36.4 Å². The summed E-state index contributed by atoms with van der Waals surface area (Å²) in [5.41, 5.74) is 1.11. The van der Waals surface area contributed by atoms with E-state index in [1.165, 1.54) is 18.2 Å². The van der Waals surface area contributed by atoms with Crippen molar-refractivity contribution in [1.82, 2.24) is 4.90 Å². The number of amides is 1. The van der Waals surface area contributed by atoms with Gasteiger partial charge in [0.2, 0.25) is 0 Å². The average molecular weight is 388 g/mol. The first kappa shape index (κ1) is 18.0. The van der Waals surface area contributed by atoms with Gasteiger partial charge < -0.3 is 9.64 Å². The van der Waals surface area contributed by atoms with Crippen LogP contribution in [0.2, 0.25) is 5.02 Å². The SMILES string of the molecule is Cc1cc(Cl)cc2c1OC1(CCN(C(=O)c3cccc(F)c3)CC1)CC2=O. The van der Waals surface area contributed by atoms with Gasteiger partial charge in [-0.05, 0) is 42.8 Å². The highest BCUT2D eigenvalue weighted by molar-refractivity contribution is 6.31. The van der Waals surface area contributed by atoms with Crippen LogP contribution in [0.25, 0.3) is 0 Å². The van der Waals surface area contributed by atoms with E-state index in [4.69, 9.17) is 16.3 Å². The van der Waals surface area contributed by atoms with E-state index in [1.807, 2.05) is 6.92 Å². The first-order valence-corrected chi connectivity index (χ1v) is 9.32. The van der Waals surface area contributed by atoms with Gasteiger partial charge in [0.05, 0.1) is 12.0 Å². The summed E-state index contributed by atoms with van der Waals surface area (Å²) in [6, 6.07) is 9.14. The molecule has 2 aliphatic rings. The summed E-state index contributed by atoms with van der Waals surface area (Å²) in [7, 11) is 0. The number of ketones is 1. The lowest BCUT2D eigenvalue weighted by atomic mass is 9.82. The van der Waals surface area contributed by atoms with Crippen molar-refractivity contribution in [1.29, 1.82) is 0 Å². The van der Waals surface area contributed by atoms with Crippen LogP contribution in [0.1, 0.15) is 45.5 Å². The molecule has 2 aliphatic heterocycles. The van der Waals surface area contributed by atoms with Crippen LogP contribution in [0.3, 0.4) is 0 Å². The van der Waals surface area contributed by atoms with Crippen molar-refractivity contribution in [2.75, 3.05) is 13.1 Å². The van der Waals surface area contributed by atoms with E-state index in [2.05, 4.69) is 0 Å². The molecule has 1 saturated heterocycles. The van der Waals surface area contributed by atoms with Gasteiger partial charge >= 0.3 is 0 Å². The second kappa shape index (κ2) is 6.64. The first-order chi connectivity index (χ1) is 12.9. The van der Waals surface area contributed by atoms with Gasteiger partial charge in [0.15, 0.2) is 5.78 Å². The van der Waals surface area contributed by atoms with E-state index in [1.54, 1.807) is 23.1 Å². The zero-order valence-corrected chi connectivity index (χ0v) is 15.7. The summed E-state index contributed by atoms with van der Waals surface area (Å²) < 4.78 is 19.7. The minimum atomic E-state index is -0.596. The summed E-state index contributed by atoms with van der Waals surface area (Å²) >= 11 is 6.07. The highest BCUT2D eigenvalue weighted by Crippen LogP contribution is 2.42. The maximum Gasteiger partial charge on any atom is 0.253 e. The second-order valence-electron chi connectivity index (χ2n) is 7.29. The lowest BCUT2D eigenvalue weighted by molar-refractivity contribution is -0.00618. The standard InChI is InChI=1S/C21H19ClFNO3/c1-13-9-15(22)11-17-18(25)12-21(27-19(13)17)5-7-24(8-6-21)20(26)14-3-2-4-16(23)10-14/h2-4,9-11H,5-8,12H2,1H3. The molecule has 0 bridgehead atoms.